The smallest absolute Gasteiger partial charge is 0.146 e. The number of rotatable bonds is 3. The summed E-state index contributed by atoms with van der Waals surface area (Å²) in [6.07, 6.45) is 2.40. The molecule has 1 aliphatic rings. The minimum absolute atomic E-state index is 0.163. The van der Waals surface area contributed by atoms with Crippen LogP contribution in [-0.2, 0) is 0 Å². The van der Waals surface area contributed by atoms with Crippen LogP contribution in [0.2, 0.25) is 0 Å². The van der Waals surface area contributed by atoms with E-state index in [1.165, 1.54) is 18.9 Å². The molecule has 88 valence electrons. The van der Waals surface area contributed by atoms with Crippen LogP contribution in [0.1, 0.15) is 12.8 Å². The summed E-state index contributed by atoms with van der Waals surface area (Å²) in [5, 5.41) is 3.42. The van der Waals surface area contributed by atoms with E-state index in [2.05, 4.69) is 21.2 Å². The van der Waals surface area contributed by atoms with Crippen LogP contribution in [0.5, 0.6) is 0 Å². The van der Waals surface area contributed by atoms with Crippen LogP contribution in [0.25, 0.3) is 0 Å². The number of hydrogen-bond donors (Lipinski definition) is 1. The molecule has 0 aliphatic carbocycles. The predicted octanol–water partition coefficient (Wildman–Crippen LogP) is 2.78. The van der Waals surface area contributed by atoms with Gasteiger partial charge in [-0.2, -0.15) is 0 Å². The van der Waals surface area contributed by atoms with Crippen molar-refractivity contribution in [2.45, 2.75) is 18.9 Å². The lowest BCUT2D eigenvalue weighted by Crippen LogP contribution is -2.35. The molecule has 2 nitrogen and oxygen atoms in total. The lowest BCUT2D eigenvalue weighted by atomic mass is 10.2. The summed E-state index contributed by atoms with van der Waals surface area (Å²) in [6.45, 7) is 1.94. The Morgan fingerprint density at radius 3 is 3.06 bits per heavy atom. The van der Waals surface area contributed by atoms with Crippen molar-refractivity contribution in [2.24, 2.45) is 0 Å². The number of nitrogens with one attached hydrogen (secondary N) is 1. The summed E-state index contributed by atoms with van der Waals surface area (Å²) in [6, 6.07) is 5.53. The molecular weight excluding hydrogens is 271 g/mol. The van der Waals surface area contributed by atoms with Gasteiger partial charge in [-0.3, -0.25) is 0 Å². The van der Waals surface area contributed by atoms with Crippen LogP contribution >= 0.6 is 15.9 Å². The third-order valence-corrected chi connectivity index (χ3v) is 3.47. The molecule has 4 heteroatoms. The molecule has 1 unspecified atom stereocenters. The molecule has 1 heterocycles. The molecule has 0 aromatic heterocycles. The Bertz CT molecular complexity index is 364. The van der Waals surface area contributed by atoms with Gasteiger partial charge < -0.3 is 10.2 Å². The first-order valence-electron chi connectivity index (χ1n) is 5.56. The highest BCUT2D eigenvalue weighted by Gasteiger charge is 2.17. The maximum absolute atomic E-state index is 13.6. The molecule has 0 amide bonds. The largest absolute Gasteiger partial charge is 0.371 e. The normalized spacial score (nSPS) is 20.1. The van der Waals surface area contributed by atoms with Crippen molar-refractivity contribution in [1.82, 2.24) is 5.32 Å². The van der Waals surface area contributed by atoms with Crippen molar-refractivity contribution >= 4 is 21.6 Å². The minimum atomic E-state index is -0.163. The fraction of sp³-hybridized carbons (Fsp3) is 0.500. The van der Waals surface area contributed by atoms with Gasteiger partial charge in [-0.15, -0.1) is 0 Å². The van der Waals surface area contributed by atoms with Crippen LogP contribution in [0.4, 0.5) is 10.1 Å². The Kier molecular flexibility index (Phi) is 3.82. The van der Waals surface area contributed by atoms with E-state index in [1.807, 2.05) is 18.0 Å². The molecule has 1 atom stereocenters. The first kappa shape index (κ1) is 11.9. The standard InChI is InChI=1S/C12H16BrFN2/c1-16(8-10-3-2-6-15-10)12-7-9(13)4-5-11(12)14/h4-5,7,10,15H,2-3,6,8H2,1H3. The molecule has 1 N–H and O–H groups in total. The monoisotopic (exact) mass is 286 g/mol. The first-order chi connectivity index (χ1) is 7.66. The molecule has 1 aromatic rings. The molecule has 2 rings (SSSR count). The van der Waals surface area contributed by atoms with Gasteiger partial charge in [-0.05, 0) is 37.6 Å². The number of anilines is 1. The highest BCUT2D eigenvalue weighted by atomic mass is 79.9. The van der Waals surface area contributed by atoms with E-state index in [0.29, 0.717) is 11.7 Å². The second-order valence-corrected chi connectivity index (χ2v) is 5.19. The summed E-state index contributed by atoms with van der Waals surface area (Å²) in [5.41, 5.74) is 0.656. The van der Waals surface area contributed by atoms with Crippen molar-refractivity contribution in [3.8, 4) is 0 Å². The number of hydrogen-bond acceptors (Lipinski definition) is 2. The Morgan fingerprint density at radius 2 is 2.38 bits per heavy atom. The molecule has 1 aliphatic heterocycles. The zero-order valence-corrected chi connectivity index (χ0v) is 10.9. The van der Waals surface area contributed by atoms with Gasteiger partial charge in [0.15, 0.2) is 0 Å². The average Bonchev–Trinajstić information content (AvgIpc) is 2.74. The molecule has 1 aromatic carbocycles. The molecule has 0 saturated carbocycles. The maximum atomic E-state index is 13.6. The van der Waals surface area contributed by atoms with Crippen molar-refractivity contribution in [3.63, 3.8) is 0 Å². The Balaban J connectivity index is 2.07. The third-order valence-electron chi connectivity index (χ3n) is 2.98. The van der Waals surface area contributed by atoms with Crippen LogP contribution in [0.15, 0.2) is 22.7 Å². The van der Waals surface area contributed by atoms with Gasteiger partial charge in [0, 0.05) is 24.1 Å². The Hall–Kier alpha value is -0.610. The van der Waals surface area contributed by atoms with Crippen molar-refractivity contribution in [2.75, 3.05) is 25.0 Å². The fourth-order valence-electron chi connectivity index (χ4n) is 2.12. The van der Waals surface area contributed by atoms with E-state index in [4.69, 9.17) is 0 Å². The summed E-state index contributed by atoms with van der Waals surface area (Å²) >= 11 is 3.37. The fourth-order valence-corrected chi connectivity index (χ4v) is 2.47. The number of benzene rings is 1. The molecule has 0 radical (unpaired) electrons. The lowest BCUT2D eigenvalue weighted by Gasteiger charge is -2.23. The van der Waals surface area contributed by atoms with Crippen molar-refractivity contribution in [3.05, 3.63) is 28.5 Å². The zero-order valence-electron chi connectivity index (χ0n) is 9.34. The topological polar surface area (TPSA) is 15.3 Å². The average molecular weight is 287 g/mol. The van der Waals surface area contributed by atoms with Gasteiger partial charge in [0.1, 0.15) is 5.82 Å². The van der Waals surface area contributed by atoms with E-state index in [-0.39, 0.29) is 5.82 Å². The third kappa shape index (κ3) is 2.74. The predicted molar refractivity (Wildman–Crippen MR) is 68.4 cm³/mol. The molecule has 0 spiro atoms. The molecule has 1 saturated heterocycles. The van der Waals surface area contributed by atoms with E-state index in [0.717, 1.165) is 17.6 Å². The van der Waals surface area contributed by atoms with E-state index < -0.39 is 0 Å². The van der Waals surface area contributed by atoms with E-state index >= 15 is 0 Å². The number of nitrogens with zero attached hydrogens (tertiary/aromatic N) is 1. The second kappa shape index (κ2) is 5.15. The quantitative estimate of drug-likeness (QED) is 0.919. The van der Waals surface area contributed by atoms with Gasteiger partial charge in [0.05, 0.1) is 5.69 Å². The Morgan fingerprint density at radius 1 is 1.56 bits per heavy atom. The number of halogens is 2. The summed E-state index contributed by atoms with van der Waals surface area (Å²) in [7, 11) is 1.94. The van der Waals surface area contributed by atoms with Gasteiger partial charge >= 0.3 is 0 Å². The minimum Gasteiger partial charge on any atom is -0.371 e. The van der Waals surface area contributed by atoms with Crippen LogP contribution in [0, 0.1) is 5.82 Å². The highest BCUT2D eigenvalue weighted by Crippen LogP contribution is 2.23. The molecule has 16 heavy (non-hydrogen) atoms. The lowest BCUT2D eigenvalue weighted by molar-refractivity contribution is 0.582. The molecule has 1 fully saturated rings. The maximum Gasteiger partial charge on any atom is 0.146 e. The number of likely N-dealkylation sites (N-methyl/N-ethyl adjacent to an activating group) is 1. The second-order valence-electron chi connectivity index (χ2n) is 4.27. The van der Waals surface area contributed by atoms with Crippen LogP contribution in [0.3, 0.4) is 0 Å². The first-order valence-corrected chi connectivity index (χ1v) is 6.35. The van der Waals surface area contributed by atoms with E-state index in [1.54, 1.807) is 6.07 Å². The van der Waals surface area contributed by atoms with Crippen molar-refractivity contribution < 1.29 is 4.39 Å². The van der Waals surface area contributed by atoms with Gasteiger partial charge in [-0.25, -0.2) is 4.39 Å². The molecular formula is C12H16BrFN2. The SMILES string of the molecule is CN(CC1CCCN1)c1cc(Br)ccc1F. The Labute approximate surface area is 104 Å². The summed E-state index contributed by atoms with van der Waals surface area (Å²) < 4.78 is 14.5. The van der Waals surface area contributed by atoms with E-state index in [9.17, 15) is 4.39 Å². The highest BCUT2D eigenvalue weighted by molar-refractivity contribution is 9.10. The zero-order chi connectivity index (χ0) is 11.5. The van der Waals surface area contributed by atoms with Crippen LogP contribution in [-0.4, -0.2) is 26.2 Å². The summed E-state index contributed by atoms with van der Waals surface area (Å²) in [4.78, 5) is 1.98. The van der Waals surface area contributed by atoms with Crippen molar-refractivity contribution in [1.29, 1.82) is 0 Å². The molecule has 0 bridgehead atoms. The van der Waals surface area contributed by atoms with Gasteiger partial charge in [0.2, 0.25) is 0 Å². The van der Waals surface area contributed by atoms with Gasteiger partial charge in [-0.1, -0.05) is 15.9 Å². The summed E-state index contributed by atoms with van der Waals surface area (Å²) in [5.74, 6) is -0.163. The van der Waals surface area contributed by atoms with Gasteiger partial charge in [0.25, 0.3) is 0 Å². The van der Waals surface area contributed by atoms with Crippen LogP contribution < -0.4 is 10.2 Å².